The van der Waals surface area contributed by atoms with Crippen molar-refractivity contribution in [1.29, 1.82) is 0 Å². The third kappa shape index (κ3) is 7.07. The fourth-order valence-electron chi connectivity index (χ4n) is 3.20. The lowest BCUT2D eigenvalue weighted by atomic mass is 10.2. The van der Waals surface area contributed by atoms with Crippen molar-refractivity contribution in [2.45, 2.75) is 24.5 Å². The number of nitrogens with one attached hydrogen (secondary N) is 1. The fraction of sp³-hybridized carbons (Fsp3) is 0.240. The summed E-state index contributed by atoms with van der Waals surface area (Å²) in [5, 5.41) is 2.78. The number of hydrogen-bond donors (Lipinski definition) is 1. The lowest BCUT2D eigenvalue weighted by Gasteiger charge is -2.24. The molecule has 1 amide bonds. The summed E-state index contributed by atoms with van der Waals surface area (Å²) in [6.45, 7) is 3.92. The Labute approximate surface area is 199 Å². The van der Waals surface area contributed by atoms with Crippen LogP contribution < -0.4 is 9.62 Å². The molecule has 0 atom stereocenters. The van der Waals surface area contributed by atoms with Crippen molar-refractivity contribution in [2.24, 2.45) is 0 Å². The first-order valence-corrected chi connectivity index (χ1v) is 13.1. The van der Waals surface area contributed by atoms with Gasteiger partial charge in [0.1, 0.15) is 12.4 Å². The molecular formula is C25H27FN2O3S2. The average Bonchev–Trinajstić information content (AvgIpc) is 2.78. The van der Waals surface area contributed by atoms with Crippen LogP contribution in [0.4, 0.5) is 10.1 Å². The van der Waals surface area contributed by atoms with Crippen LogP contribution in [0, 0.1) is 19.7 Å². The standard InChI is InChI=1S/C25H27FN2O3S2/c1-19-6-12-24(13-7-19)33(30,31)28(23-10-8-22(26)9-11-23)17-25(29)27-14-15-32-18-21-5-3-4-20(2)16-21/h3-13,16H,14-15,17-18H2,1-2H3,(H,27,29). The van der Waals surface area contributed by atoms with Crippen LogP contribution in [0.1, 0.15) is 16.7 Å². The van der Waals surface area contributed by atoms with Crippen LogP contribution in [-0.2, 0) is 20.6 Å². The predicted octanol–water partition coefficient (Wildman–Crippen LogP) is 4.69. The number of sulfonamides is 1. The Morgan fingerprint density at radius 3 is 2.33 bits per heavy atom. The van der Waals surface area contributed by atoms with Crippen LogP contribution in [0.25, 0.3) is 0 Å². The molecule has 5 nitrogen and oxygen atoms in total. The normalized spacial score (nSPS) is 11.2. The van der Waals surface area contributed by atoms with E-state index in [0.29, 0.717) is 12.3 Å². The van der Waals surface area contributed by atoms with Crippen molar-refractivity contribution in [1.82, 2.24) is 5.32 Å². The zero-order chi connectivity index (χ0) is 23.8. The predicted molar refractivity (Wildman–Crippen MR) is 132 cm³/mol. The maximum Gasteiger partial charge on any atom is 0.264 e. The molecule has 0 saturated carbocycles. The highest BCUT2D eigenvalue weighted by atomic mass is 32.2. The molecule has 0 saturated heterocycles. The summed E-state index contributed by atoms with van der Waals surface area (Å²) in [7, 11) is -4.01. The van der Waals surface area contributed by atoms with Crippen LogP contribution >= 0.6 is 11.8 Å². The van der Waals surface area contributed by atoms with Crippen LogP contribution in [-0.4, -0.2) is 33.2 Å². The highest BCUT2D eigenvalue weighted by Crippen LogP contribution is 2.24. The zero-order valence-electron chi connectivity index (χ0n) is 18.6. The molecule has 8 heteroatoms. The van der Waals surface area contributed by atoms with Gasteiger partial charge in [0.2, 0.25) is 5.91 Å². The summed E-state index contributed by atoms with van der Waals surface area (Å²) in [4.78, 5) is 12.7. The monoisotopic (exact) mass is 486 g/mol. The number of carbonyl (C=O) groups is 1. The molecule has 0 aliphatic rings. The average molecular weight is 487 g/mol. The second-order valence-electron chi connectivity index (χ2n) is 7.69. The number of halogens is 1. The summed E-state index contributed by atoms with van der Waals surface area (Å²) >= 11 is 1.69. The summed E-state index contributed by atoms with van der Waals surface area (Å²) < 4.78 is 41.0. The van der Waals surface area contributed by atoms with Gasteiger partial charge in [-0.1, -0.05) is 47.5 Å². The first-order chi connectivity index (χ1) is 15.8. The van der Waals surface area contributed by atoms with Crippen molar-refractivity contribution in [3.8, 4) is 0 Å². The highest BCUT2D eigenvalue weighted by Gasteiger charge is 2.27. The summed E-state index contributed by atoms with van der Waals surface area (Å²) in [6.07, 6.45) is 0. The Hall–Kier alpha value is -2.84. The van der Waals surface area contributed by atoms with Gasteiger partial charge in [-0.05, 0) is 55.8 Å². The number of benzene rings is 3. The maximum atomic E-state index is 13.4. The topological polar surface area (TPSA) is 66.5 Å². The fourth-order valence-corrected chi connectivity index (χ4v) is 5.43. The van der Waals surface area contributed by atoms with Gasteiger partial charge in [-0.25, -0.2) is 12.8 Å². The van der Waals surface area contributed by atoms with Crippen LogP contribution in [0.2, 0.25) is 0 Å². The molecule has 33 heavy (non-hydrogen) atoms. The van der Waals surface area contributed by atoms with Gasteiger partial charge in [0.25, 0.3) is 10.0 Å². The number of aryl methyl sites for hydroxylation is 2. The Morgan fingerprint density at radius 1 is 0.970 bits per heavy atom. The number of nitrogens with zero attached hydrogens (tertiary/aromatic N) is 1. The first kappa shape index (κ1) is 24.8. The molecule has 3 aromatic rings. The summed E-state index contributed by atoms with van der Waals surface area (Å²) in [5.74, 6) is 0.620. The molecule has 3 aromatic carbocycles. The number of amides is 1. The Bertz CT molecular complexity index is 1180. The van der Waals surface area contributed by atoms with Crippen molar-refractivity contribution in [3.63, 3.8) is 0 Å². The van der Waals surface area contributed by atoms with Crippen molar-refractivity contribution < 1.29 is 17.6 Å². The Morgan fingerprint density at radius 2 is 1.67 bits per heavy atom. The van der Waals surface area contributed by atoms with Crippen LogP contribution in [0.5, 0.6) is 0 Å². The molecule has 0 radical (unpaired) electrons. The highest BCUT2D eigenvalue weighted by molar-refractivity contribution is 7.98. The van der Waals surface area contributed by atoms with Gasteiger partial charge in [-0.3, -0.25) is 9.10 Å². The largest absolute Gasteiger partial charge is 0.354 e. The van der Waals surface area contributed by atoms with E-state index in [-0.39, 0.29) is 10.6 Å². The molecule has 0 fully saturated rings. The molecule has 0 aromatic heterocycles. The Balaban J connectivity index is 1.64. The number of anilines is 1. The second kappa shape index (κ2) is 11.3. The molecule has 174 valence electrons. The minimum absolute atomic E-state index is 0.0685. The van der Waals surface area contributed by atoms with Crippen LogP contribution in [0.15, 0.2) is 77.7 Å². The molecule has 0 unspecified atom stereocenters. The molecule has 0 spiro atoms. The number of hydrogen-bond acceptors (Lipinski definition) is 4. The van der Waals surface area contributed by atoms with Crippen molar-refractivity contribution in [2.75, 3.05) is 23.1 Å². The van der Waals surface area contributed by atoms with Gasteiger partial charge in [0.05, 0.1) is 10.6 Å². The van der Waals surface area contributed by atoms with Crippen molar-refractivity contribution >= 4 is 33.4 Å². The van der Waals surface area contributed by atoms with E-state index in [1.807, 2.05) is 26.0 Å². The maximum absolute atomic E-state index is 13.4. The smallest absolute Gasteiger partial charge is 0.264 e. The van der Waals surface area contributed by atoms with E-state index in [9.17, 15) is 17.6 Å². The van der Waals surface area contributed by atoms with Gasteiger partial charge < -0.3 is 5.32 Å². The molecule has 0 aliphatic carbocycles. The molecule has 1 N–H and O–H groups in total. The van der Waals surface area contributed by atoms with E-state index in [2.05, 4.69) is 17.4 Å². The molecule has 0 aliphatic heterocycles. The lowest BCUT2D eigenvalue weighted by molar-refractivity contribution is -0.119. The third-order valence-corrected chi connectivity index (χ3v) is 7.75. The molecule has 0 heterocycles. The number of carbonyl (C=O) groups excluding carboxylic acids is 1. The van der Waals surface area contributed by atoms with Crippen LogP contribution in [0.3, 0.4) is 0 Å². The zero-order valence-corrected chi connectivity index (χ0v) is 20.3. The van der Waals surface area contributed by atoms with Crippen molar-refractivity contribution in [3.05, 3.63) is 95.3 Å². The van der Waals surface area contributed by atoms with E-state index in [1.54, 1.807) is 23.9 Å². The van der Waals surface area contributed by atoms with Gasteiger partial charge in [-0.15, -0.1) is 0 Å². The van der Waals surface area contributed by atoms with Gasteiger partial charge in [0.15, 0.2) is 0 Å². The van der Waals surface area contributed by atoms with E-state index >= 15 is 0 Å². The van der Waals surface area contributed by atoms with E-state index in [1.165, 1.54) is 47.5 Å². The van der Waals surface area contributed by atoms with E-state index in [4.69, 9.17) is 0 Å². The summed E-state index contributed by atoms with van der Waals surface area (Å²) in [5.41, 5.74) is 3.57. The molecule has 0 bridgehead atoms. The van der Waals surface area contributed by atoms with E-state index in [0.717, 1.165) is 15.6 Å². The lowest BCUT2D eigenvalue weighted by Crippen LogP contribution is -2.41. The third-order valence-electron chi connectivity index (χ3n) is 4.93. The number of rotatable bonds is 10. The SMILES string of the molecule is Cc1ccc(S(=O)(=O)N(CC(=O)NCCSCc2cccc(C)c2)c2ccc(F)cc2)cc1. The minimum atomic E-state index is -4.01. The van der Waals surface area contributed by atoms with Gasteiger partial charge >= 0.3 is 0 Å². The number of thioether (sulfide) groups is 1. The van der Waals surface area contributed by atoms with Gasteiger partial charge in [0, 0.05) is 18.1 Å². The summed E-state index contributed by atoms with van der Waals surface area (Å²) in [6, 6.07) is 19.7. The first-order valence-electron chi connectivity index (χ1n) is 10.5. The quantitative estimate of drug-likeness (QED) is 0.423. The molecular weight excluding hydrogens is 459 g/mol. The minimum Gasteiger partial charge on any atom is -0.354 e. The molecule has 3 rings (SSSR count). The van der Waals surface area contributed by atoms with Gasteiger partial charge in [-0.2, -0.15) is 11.8 Å². The Kier molecular flexibility index (Phi) is 8.52. The second-order valence-corrected chi connectivity index (χ2v) is 10.7. The van der Waals surface area contributed by atoms with E-state index < -0.39 is 28.3 Å².